The number of benzene rings is 2. The minimum Gasteiger partial charge on any atom is -0.369 e. The third-order valence-corrected chi connectivity index (χ3v) is 4.38. The van der Waals surface area contributed by atoms with E-state index in [9.17, 15) is 4.39 Å². The van der Waals surface area contributed by atoms with E-state index in [1.807, 2.05) is 6.07 Å². The first kappa shape index (κ1) is 14.2. The zero-order chi connectivity index (χ0) is 15.6. The van der Waals surface area contributed by atoms with Gasteiger partial charge in [-0.1, -0.05) is 23.4 Å². The van der Waals surface area contributed by atoms with Crippen LogP contribution in [0.15, 0.2) is 53.1 Å². The van der Waals surface area contributed by atoms with Crippen molar-refractivity contribution in [3.8, 4) is 0 Å². The highest BCUT2D eigenvalue weighted by atomic mass is 19.1. The maximum atomic E-state index is 13.2. The van der Waals surface area contributed by atoms with Gasteiger partial charge in [-0.25, -0.2) is 4.39 Å². The van der Waals surface area contributed by atoms with Crippen molar-refractivity contribution in [2.24, 2.45) is 0 Å². The van der Waals surface area contributed by atoms with Crippen molar-refractivity contribution >= 4 is 16.7 Å². The van der Waals surface area contributed by atoms with Crippen LogP contribution in [0.1, 0.15) is 5.69 Å². The molecule has 0 unspecified atom stereocenters. The Balaban J connectivity index is 1.43. The molecule has 0 radical (unpaired) electrons. The topological polar surface area (TPSA) is 32.5 Å². The lowest BCUT2D eigenvalue weighted by Crippen LogP contribution is -2.46. The highest BCUT2D eigenvalue weighted by Crippen LogP contribution is 2.22. The van der Waals surface area contributed by atoms with E-state index in [1.165, 1.54) is 17.8 Å². The van der Waals surface area contributed by atoms with Crippen LogP contribution >= 0.6 is 0 Å². The van der Waals surface area contributed by atoms with Gasteiger partial charge >= 0.3 is 0 Å². The molecule has 0 saturated carbocycles. The van der Waals surface area contributed by atoms with Crippen LogP contribution in [0.3, 0.4) is 0 Å². The molecule has 3 aromatic rings. The minimum absolute atomic E-state index is 0.295. The smallest absolute Gasteiger partial charge is 0.170 e. The second-order valence-corrected chi connectivity index (χ2v) is 5.87. The molecule has 23 heavy (non-hydrogen) atoms. The summed E-state index contributed by atoms with van der Waals surface area (Å²) in [5.74, 6) is -0.295. The minimum atomic E-state index is -0.295. The van der Waals surface area contributed by atoms with Crippen molar-refractivity contribution in [2.75, 3.05) is 31.1 Å². The number of rotatable bonds is 3. The molecule has 1 saturated heterocycles. The van der Waals surface area contributed by atoms with Crippen molar-refractivity contribution in [2.45, 2.75) is 6.54 Å². The monoisotopic (exact) mass is 311 g/mol. The number of aromatic nitrogens is 1. The fourth-order valence-corrected chi connectivity index (χ4v) is 3.09. The molecule has 5 heteroatoms. The Bertz CT molecular complexity index is 794. The zero-order valence-corrected chi connectivity index (χ0v) is 12.8. The fourth-order valence-electron chi connectivity index (χ4n) is 3.09. The van der Waals surface area contributed by atoms with Crippen LogP contribution < -0.4 is 4.90 Å². The van der Waals surface area contributed by atoms with E-state index in [0.29, 0.717) is 5.58 Å². The van der Waals surface area contributed by atoms with Crippen molar-refractivity contribution in [1.82, 2.24) is 10.1 Å². The fraction of sp³-hybridized carbons (Fsp3) is 0.278. The summed E-state index contributed by atoms with van der Waals surface area (Å²) >= 11 is 0. The molecule has 0 N–H and O–H groups in total. The molecule has 2 heterocycles. The molecule has 4 rings (SSSR count). The largest absolute Gasteiger partial charge is 0.369 e. The van der Waals surface area contributed by atoms with Crippen LogP contribution in [0.4, 0.5) is 10.1 Å². The van der Waals surface area contributed by atoms with Crippen molar-refractivity contribution in [3.63, 3.8) is 0 Å². The Kier molecular flexibility index (Phi) is 3.71. The predicted octanol–water partition coefficient (Wildman–Crippen LogP) is 3.29. The van der Waals surface area contributed by atoms with Crippen LogP contribution in [0.25, 0.3) is 11.0 Å². The zero-order valence-electron chi connectivity index (χ0n) is 12.8. The van der Waals surface area contributed by atoms with Gasteiger partial charge in [0.15, 0.2) is 5.58 Å². The van der Waals surface area contributed by atoms with E-state index >= 15 is 0 Å². The molecule has 0 spiro atoms. The van der Waals surface area contributed by atoms with Crippen LogP contribution in [-0.2, 0) is 6.54 Å². The quantitative estimate of drug-likeness (QED) is 0.743. The second-order valence-electron chi connectivity index (χ2n) is 5.87. The molecule has 2 aromatic carbocycles. The van der Waals surface area contributed by atoms with Gasteiger partial charge in [-0.05, 0) is 24.3 Å². The Morgan fingerprint density at radius 2 is 1.78 bits per heavy atom. The third-order valence-electron chi connectivity index (χ3n) is 4.38. The van der Waals surface area contributed by atoms with Gasteiger partial charge in [-0.15, -0.1) is 0 Å². The average molecular weight is 311 g/mol. The van der Waals surface area contributed by atoms with E-state index in [1.54, 1.807) is 6.07 Å². The summed E-state index contributed by atoms with van der Waals surface area (Å²) in [5.41, 5.74) is 2.67. The summed E-state index contributed by atoms with van der Waals surface area (Å²) in [6.07, 6.45) is 0. The number of fused-ring (bicyclic) bond motifs is 1. The molecular formula is C18H18FN3O. The van der Waals surface area contributed by atoms with E-state index in [0.717, 1.165) is 43.8 Å². The van der Waals surface area contributed by atoms with Gasteiger partial charge in [0, 0.05) is 49.9 Å². The summed E-state index contributed by atoms with van der Waals surface area (Å²) in [6, 6.07) is 15.1. The highest BCUT2D eigenvalue weighted by molar-refractivity contribution is 5.79. The molecule has 4 nitrogen and oxygen atoms in total. The van der Waals surface area contributed by atoms with Gasteiger partial charge in [0.05, 0.1) is 0 Å². The molecule has 1 aliphatic rings. The van der Waals surface area contributed by atoms with Gasteiger partial charge in [-0.3, -0.25) is 4.90 Å². The van der Waals surface area contributed by atoms with Gasteiger partial charge in [0.1, 0.15) is 11.5 Å². The number of halogens is 1. The number of para-hydroxylation sites is 1. The van der Waals surface area contributed by atoms with Gasteiger partial charge in [0.25, 0.3) is 0 Å². The highest BCUT2D eigenvalue weighted by Gasteiger charge is 2.19. The lowest BCUT2D eigenvalue weighted by Gasteiger charge is -2.35. The maximum absolute atomic E-state index is 13.2. The van der Waals surface area contributed by atoms with E-state index in [4.69, 9.17) is 4.52 Å². The van der Waals surface area contributed by atoms with Crippen LogP contribution in [-0.4, -0.2) is 36.2 Å². The maximum Gasteiger partial charge on any atom is 0.170 e. The molecule has 1 fully saturated rings. The van der Waals surface area contributed by atoms with Crippen molar-refractivity contribution in [1.29, 1.82) is 0 Å². The standard InChI is InChI=1S/C18H18FN3O/c19-14-6-7-16-17(20-23-18(16)12-14)13-21-8-10-22(11-9-21)15-4-2-1-3-5-15/h1-7,12H,8-11,13H2. The third kappa shape index (κ3) is 2.92. The Labute approximate surface area is 134 Å². The molecule has 118 valence electrons. The van der Waals surface area contributed by atoms with E-state index < -0.39 is 0 Å². The first-order valence-electron chi connectivity index (χ1n) is 7.86. The van der Waals surface area contributed by atoms with Crippen molar-refractivity contribution < 1.29 is 8.91 Å². The SMILES string of the molecule is Fc1ccc2c(CN3CCN(c4ccccc4)CC3)noc2c1. The first-order chi connectivity index (χ1) is 11.3. The molecule has 0 bridgehead atoms. The number of anilines is 1. The summed E-state index contributed by atoms with van der Waals surface area (Å²) in [5, 5.41) is 5.01. The second kappa shape index (κ2) is 6.01. The number of hydrogen-bond acceptors (Lipinski definition) is 4. The molecule has 0 aliphatic carbocycles. The molecule has 1 aromatic heterocycles. The number of hydrogen-bond donors (Lipinski definition) is 0. The summed E-state index contributed by atoms with van der Waals surface area (Å²) < 4.78 is 18.4. The Morgan fingerprint density at radius 3 is 2.57 bits per heavy atom. The van der Waals surface area contributed by atoms with Gasteiger partial charge in [0.2, 0.25) is 0 Å². The Morgan fingerprint density at radius 1 is 1.00 bits per heavy atom. The van der Waals surface area contributed by atoms with Gasteiger partial charge < -0.3 is 9.42 Å². The first-order valence-corrected chi connectivity index (χ1v) is 7.86. The molecule has 1 aliphatic heterocycles. The van der Waals surface area contributed by atoms with Crippen molar-refractivity contribution in [3.05, 3.63) is 60.0 Å². The van der Waals surface area contributed by atoms with Crippen LogP contribution in [0, 0.1) is 5.82 Å². The number of nitrogens with zero attached hydrogens (tertiary/aromatic N) is 3. The Hall–Kier alpha value is -2.40. The summed E-state index contributed by atoms with van der Waals surface area (Å²) in [6.45, 7) is 4.68. The predicted molar refractivity (Wildman–Crippen MR) is 87.9 cm³/mol. The van der Waals surface area contributed by atoms with Crippen LogP contribution in [0.2, 0.25) is 0 Å². The van der Waals surface area contributed by atoms with Crippen LogP contribution in [0.5, 0.6) is 0 Å². The molecule has 0 atom stereocenters. The lowest BCUT2D eigenvalue weighted by atomic mass is 10.2. The average Bonchev–Trinajstić information content (AvgIpc) is 2.98. The lowest BCUT2D eigenvalue weighted by molar-refractivity contribution is 0.243. The van der Waals surface area contributed by atoms with Gasteiger partial charge in [-0.2, -0.15) is 0 Å². The van der Waals surface area contributed by atoms with E-state index in [-0.39, 0.29) is 5.82 Å². The summed E-state index contributed by atoms with van der Waals surface area (Å²) in [4.78, 5) is 4.76. The molecule has 0 amide bonds. The normalized spacial score (nSPS) is 16.1. The number of piperazine rings is 1. The summed E-state index contributed by atoms with van der Waals surface area (Å²) in [7, 11) is 0. The molecular weight excluding hydrogens is 293 g/mol. The van der Waals surface area contributed by atoms with E-state index in [2.05, 4.69) is 39.2 Å².